The molecule has 1 aliphatic rings. The first-order valence-corrected chi connectivity index (χ1v) is 15.3. The molecule has 1 unspecified atom stereocenters. The van der Waals surface area contributed by atoms with Crippen LogP contribution in [0.4, 0.5) is 5.82 Å². The van der Waals surface area contributed by atoms with Crippen LogP contribution in [0.5, 0.6) is 28.7 Å². The van der Waals surface area contributed by atoms with Gasteiger partial charge in [-0.15, -0.1) is 0 Å². The summed E-state index contributed by atoms with van der Waals surface area (Å²) in [5.41, 5.74) is 1.75. The number of likely N-dealkylation sites (tertiary alicyclic amines) is 1. The molecule has 0 radical (unpaired) electrons. The van der Waals surface area contributed by atoms with E-state index in [0.29, 0.717) is 48.3 Å². The summed E-state index contributed by atoms with van der Waals surface area (Å²) in [6.45, 7) is 2.48. The summed E-state index contributed by atoms with van der Waals surface area (Å²) in [4.78, 5) is 21.4. The lowest BCUT2D eigenvalue weighted by atomic mass is 10.2. The van der Waals surface area contributed by atoms with Gasteiger partial charge in [0.25, 0.3) is 0 Å². The van der Waals surface area contributed by atoms with Gasteiger partial charge in [-0.3, -0.25) is 4.79 Å². The van der Waals surface area contributed by atoms with Crippen LogP contribution in [0.1, 0.15) is 12.0 Å². The molecular formula is C36H38N6O4. The predicted molar refractivity (Wildman–Crippen MR) is 179 cm³/mol. The van der Waals surface area contributed by atoms with E-state index in [1.54, 1.807) is 19.4 Å². The maximum absolute atomic E-state index is 12.8. The maximum Gasteiger partial charge on any atom is 0.246 e. The zero-order valence-corrected chi connectivity index (χ0v) is 26.3. The first-order chi connectivity index (χ1) is 22.4. The van der Waals surface area contributed by atoms with E-state index in [-0.39, 0.29) is 11.9 Å². The molecule has 1 aliphatic heterocycles. The zero-order valence-electron chi connectivity index (χ0n) is 26.3. The number of hydrogen-bond donors (Lipinski definition) is 1. The maximum atomic E-state index is 12.8. The molecule has 6 rings (SSSR count). The summed E-state index contributed by atoms with van der Waals surface area (Å²) in [6, 6.07) is 27.0. The van der Waals surface area contributed by atoms with Crippen molar-refractivity contribution in [2.45, 2.75) is 19.0 Å². The van der Waals surface area contributed by atoms with Gasteiger partial charge in [-0.05, 0) is 74.6 Å². The van der Waals surface area contributed by atoms with E-state index in [1.807, 2.05) is 120 Å². The van der Waals surface area contributed by atoms with Crippen molar-refractivity contribution >= 4 is 22.8 Å². The first kappa shape index (κ1) is 30.7. The molecule has 10 nitrogen and oxygen atoms in total. The van der Waals surface area contributed by atoms with Gasteiger partial charge in [0.2, 0.25) is 5.91 Å². The Bertz CT molecular complexity index is 1790. The summed E-state index contributed by atoms with van der Waals surface area (Å²) in [7, 11) is 5.61. The second-order valence-electron chi connectivity index (χ2n) is 11.4. The minimum absolute atomic E-state index is 0.0198. The number of nitrogens with one attached hydrogen (secondary N) is 1. The second kappa shape index (κ2) is 14.2. The molecule has 3 aromatic carbocycles. The van der Waals surface area contributed by atoms with Gasteiger partial charge in [0.1, 0.15) is 34.1 Å². The van der Waals surface area contributed by atoms with Crippen molar-refractivity contribution in [3.8, 4) is 28.7 Å². The highest BCUT2D eigenvalue weighted by molar-refractivity contribution is 5.94. The van der Waals surface area contributed by atoms with Crippen LogP contribution in [0.3, 0.4) is 0 Å². The van der Waals surface area contributed by atoms with Gasteiger partial charge in [0.05, 0.1) is 13.7 Å². The number of pyridine rings is 1. The Morgan fingerprint density at radius 2 is 1.63 bits per heavy atom. The van der Waals surface area contributed by atoms with E-state index < -0.39 is 0 Å². The van der Waals surface area contributed by atoms with E-state index in [0.717, 1.165) is 35.4 Å². The number of para-hydroxylation sites is 1. The van der Waals surface area contributed by atoms with E-state index in [9.17, 15) is 4.79 Å². The molecule has 46 heavy (non-hydrogen) atoms. The van der Waals surface area contributed by atoms with Crippen molar-refractivity contribution in [1.82, 2.24) is 24.6 Å². The van der Waals surface area contributed by atoms with Crippen molar-refractivity contribution < 1.29 is 19.0 Å². The number of hydrogen-bond acceptors (Lipinski definition) is 8. The van der Waals surface area contributed by atoms with E-state index in [1.165, 1.54) is 0 Å². The Balaban J connectivity index is 1.25. The number of aromatic nitrogens is 3. The molecule has 236 valence electrons. The SMILES string of the molecule is COc1ccc(Cn2nc(NC3CCN(C(=O)/C=C/CN(C)C)C3)c3c(Oc4ccc(Oc5ccccc5)cc4)ccnc32)cc1. The van der Waals surface area contributed by atoms with Crippen molar-refractivity contribution in [3.05, 3.63) is 109 Å². The largest absolute Gasteiger partial charge is 0.497 e. The van der Waals surface area contributed by atoms with Gasteiger partial charge in [-0.1, -0.05) is 36.4 Å². The van der Waals surface area contributed by atoms with E-state index >= 15 is 0 Å². The molecule has 1 amide bonds. The van der Waals surface area contributed by atoms with E-state index in [4.69, 9.17) is 24.3 Å². The fourth-order valence-electron chi connectivity index (χ4n) is 5.34. The van der Waals surface area contributed by atoms with Crippen LogP contribution in [-0.4, -0.2) is 77.4 Å². The van der Waals surface area contributed by atoms with Crippen molar-refractivity contribution in [2.75, 3.05) is 46.2 Å². The molecule has 3 heterocycles. The molecule has 0 bridgehead atoms. The quantitative estimate of drug-likeness (QED) is 0.165. The van der Waals surface area contributed by atoms with Crippen LogP contribution >= 0.6 is 0 Å². The Kier molecular flexibility index (Phi) is 9.45. The molecule has 1 saturated heterocycles. The highest BCUT2D eigenvalue weighted by atomic mass is 16.5. The highest BCUT2D eigenvalue weighted by Crippen LogP contribution is 2.36. The number of methoxy groups -OCH3 is 1. The highest BCUT2D eigenvalue weighted by Gasteiger charge is 2.27. The van der Waals surface area contributed by atoms with Crippen LogP contribution in [0.25, 0.3) is 11.0 Å². The monoisotopic (exact) mass is 618 g/mol. The third kappa shape index (κ3) is 7.47. The van der Waals surface area contributed by atoms with Crippen LogP contribution in [-0.2, 0) is 11.3 Å². The van der Waals surface area contributed by atoms with Crippen LogP contribution in [0.15, 0.2) is 103 Å². The molecule has 1 atom stereocenters. The fraction of sp³-hybridized carbons (Fsp3) is 0.250. The average molecular weight is 619 g/mol. The minimum atomic E-state index is 0.0198. The smallest absolute Gasteiger partial charge is 0.246 e. The number of carbonyl (C=O) groups excluding carboxylic acids is 1. The predicted octanol–water partition coefficient (Wildman–Crippen LogP) is 6.20. The third-order valence-electron chi connectivity index (χ3n) is 7.69. The second-order valence-corrected chi connectivity index (χ2v) is 11.4. The number of rotatable bonds is 12. The number of anilines is 1. The van der Waals surface area contributed by atoms with Crippen molar-refractivity contribution in [3.63, 3.8) is 0 Å². The van der Waals surface area contributed by atoms with Gasteiger partial charge >= 0.3 is 0 Å². The lowest BCUT2D eigenvalue weighted by molar-refractivity contribution is -0.125. The Morgan fingerprint density at radius 1 is 0.935 bits per heavy atom. The molecule has 5 aromatic rings. The standard InChI is InChI=1S/C36H38N6O4/c1-40(2)22-7-10-33(43)41-23-20-27(25-41)38-35-34-32(46-31-17-15-30(16-18-31)45-29-8-5-4-6-9-29)19-21-37-36(34)42(39-35)24-26-11-13-28(44-3)14-12-26/h4-19,21,27H,20,22-25H2,1-3H3,(H,38,39)/b10-7+. The van der Waals surface area contributed by atoms with Gasteiger partial charge in [-0.25, -0.2) is 9.67 Å². The molecule has 2 aromatic heterocycles. The van der Waals surface area contributed by atoms with Gasteiger partial charge in [0.15, 0.2) is 11.5 Å². The fourth-order valence-corrected chi connectivity index (χ4v) is 5.34. The molecule has 1 N–H and O–H groups in total. The number of ether oxygens (including phenoxy) is 3. The lowest BCUT2D eigenvalue weighted by Gasteiger charge is -2.16. The molecule has 0 aliphatic carbocycles. The Labute approximate surface area is 268 Å². The minimum Gasteiger partial charge on any atom is -0.497 e. The number of benzene rings is 3. The van der Waals surface area contributed by atoms with Gasteiger partial charge < -0.3 is 29.3 Å². The Hall–Kier alpha value is -5.35. The van der Waals surface area contributed by atoms with Crippen molar-refractivity contribution in [2.24, 2.45) is 0 Å². The first-order valence-electron chi connectivity index (χ1n) is 15.3. The number of fused-ring (bicyclic) bond motifs is 1. The van der Waals surface area contributed by atoms with Crippen LogP contribution < -0.4 is 19.5 Å². The summed E-state index contributed by atoms with van der Waals surface area (Å²) >= 11 is 0. The van der Waals surface area contributed by atoms with E-state index in [2.05, 4.69) is 5.32 Å². The molecular weight excluding hydrogens is 580 g/mol. The zero-order chi connectivity index (χ0) is 31.9. The third-order valence-corrected chi connectivity index (χ3v) is 7.69. The van der Waals surface area contributed by atoms with Crippen LogP contribution in [0.2, 0.25) is 0 Å². The summed E-state index contributed by atoms with van der Waals surface area (Å²) < 4.78 is 19.6. The summed E-state index contributed by atoms with van der Waals surface area (Å²) in [5.74, 6) is 4.24. The number of carbonyl (C=O) groups is 1. The Morgan fingerprint density at radius 3 is 2.35 bits per heavy atom. The topological polar surface area (TPSA) is 94.0 Å². The van der Waals surface area contributed by atoms with Gasteiger partial charge in [0, 0.05) is 44.0 Å². The normalized spacial score (nSPS) is 14.7. The average Bonchev–Trinajstić information content (AvgIpc) is 3.68. The molecule has 0 spiro atoms. The van der Waals surface area contributed by atoms with Crippen LogP contribution in [0, 0.1) is 0 Å². The summed E-state index contributed by atoms with van der Waals surface area (Å²) in [6.07, 6.45) is 6.09. The number of likely N-dealkylation sites (N-methyl/N-ethyl adjacent to an activating group) is 1. The van der Waals surface area contributed by atoms with Crippen molar-refractivity contribution in [1.29, 1.82) is 0 Å². The molecule has 10 heteroatoms. The van der Waals surface area contributed by atoms with Gasteiger partial charge in [-0.2, -0.15) is 5.10 Å². The molecule has 0 saturated carbocycles. The lowest BCUT2D eigenvalue weighted by Crippen LogP contribution is -2.30. The number of amides is 1. The molecule has 1 fully saturated rings. The number of nitrogens with zero attached hydrogens (tertiary/aromatic N) is 5. The summed E-state index contributed by atoms with van der Waals surface area (Å²) in [5, 5.41) is 9.37.